The number of carbonyl (C=O) groups is 3. The van der Waals surface area contributed by atoms with E-state index in [9.17, 15) is 14.4 Å². The number of aliphatic carboxylic acids is 1. The van der Waals surface area contributed by atoms with Gasteiger partial charge in [0, 0.05) is 13.2 Å². The highest BCUT2D eigenvalue weighted by atomic mass is 16.4. The minimum absolute atomic E-state index is 0.463. The van der Waals surface area contributed by atoms with Gasteiger partial charge in [-0.3, -0.25) is 19.5 Å². The summed E-state index contributed by atoms with van der Waals surface area (Å²) in [5, 5.41) is 8.72. The molecule has 19 heavy (non-hydrogen) atoms. The van der Waals surface area contributed by atoms with Gasteiger partial charge in [-0.05, 0) is 12.1 Å². The average Bonchev–Trinajstić information content (AvgIpc) is 2.36. The number of aromatic nitrogens is 1. The first kappa shape index (κ1) is 14.4. The van der Waals surface area contributed by atoms with Gasteiger partial charge in [-0.2, -0.15) is 0 Å². The van der Waals surface area contributed by atoms with E-state index < -0.39 is 31.0 Å². The van der Waals surface area contributed by atoms with E-state index in [4.69, 9.17) is 10.8 Å². The Labute approximate surface area is 109 Å². The van der Waals surface area contributed by atoms with Crippen LogP contribution in [-0.2, 0) is 9.59 Å². The number of pyridine rings is 1. The number of hydrogen-bond acceptors (Lipinski definition) is 4. The van der Waals surface area contributed by atoms with E-state index >= 15 is 0 Å². The summed E-state index contributed by atoms with van der Waals surface area (Å²) in [4.78, 5) is 39.5. The maximum atomic E-state index is 12.1. The lowest BCUT2D eigenvalue weighted by molar-refractivity contribution is -0.137. The predicted octanol–water partition coefficient (Wildman–Crippen LogP) is -0.490. The molecule has 3 N–H and O–H groups in total. The molecular weight excluding hydrogens is 252 g/mol. The largest absolute Gasteiger partial charge is 0.480 e. The third-order valence-corrected chi connectivity index (χ3v) is 2.26. The maximum absolute atomic E-state index is 12.1. The molecule has 0 spiro atoms. The number of carbonyl (C=O) groups excluding carboxylic acids is 2. The third kappa shape index (κ3) is 4.26. The van der Waals surface area contributed by atoms with Gasteiger partial charge in [-0.15, -0.1) is 0 Å². The highest BCUT2D eigenvalue weighted by molar-refractivity contribution is 5.95. The molecule has 8 heteroatoms. The summed E-state index contributed by atoms with van der Waals surface area (Å²) < 4.78 is 0. The van der Waals surface area contributed by atoms with E-state index in [2.05, 4.69) is 4.98 Å². The van der Waals surface area contributed by atoms with Gasteiger partial charge in [0.05, 0.1) is 11.9 Å². The van der Waals surface area contributed by atoms with E-state index in [-0.39, 0.29) is 0 Å². The van der Waals surface area contributed by atoms with E-state index in [0.717, 1.165) is 4.90 Å². The molecule has 0 unspecified atom stereocenters. The van der Waals surface area contributed by atoms with Crippen LogP contribution < -0.4 is 10.6 Å². The zero-order valence-electron chi connectivity index (χ0n) is 10.3. The van der Waals surface area contributed by atoms with E-state index in [1.54, 1.807) is 18.3 Å². The number of hydrogen-bond donors (Lipinski definition) is 2. The molecule has 0 aliphatic carbocycles. The molecule has 0 aromatic carbocycles. The summed E-state index contributed by atoms with van der Waals surface area (Å²) in [7, 11) is 1.45. The van der Waals surface area contributed by atoms with Gasteiger partial charge in [0.1, 0.15) is 13.1 Å². The molecule has 1 rings (SSSR count). The number of anilines is 1. The molecular formula is C11H14N4O4. The molecule has 0 bridgehead atoms. The van der Waals surface area contributed by atoms with Gasteiger partial charge in [-0.1, -0.05) is 0 Å². The maximum Gasteiger partial charge on any atom is 0.325 e. The number of nitrogens with zero attached hydrogens (tertiary/aromatic N) is 3. The lowest BCUT2D eigenvalue weighted by atomic mass is 10.4. The molecule has 1 aromatic heterocycles. The summed E-state index contributed by atoms with van der Waals surface area (Å²) in [5.74, 6) is -2.01. The molecule has 0 saturated heterocycles. The second-order valence-electron chi connectivity index (χ2n) is 3.77. The Morgan fingerprint density at radius 3 is 2.53 bits per heavy atom. The Morgan fingerprint density at radius 1 is 1.37 bits per heavy atom. The van der Waals surface area contributed by atoms with Gasteiger partial charge < -0.3 is 15.7 Å². The third-order valence-electron chi connectivity index (χ3n) is 2.26. The van der Waals surface area contributed by atoms with Crippen molar-refractivity contribution in [3.05, 3.63) is 24.5 Å². The topological polar surface area (TPSA) is 117 Å². The molecule has 0 aliphatic heterocycles. The van der Waals surface area contributed by atoms with Crippen LogP contribution in [0.4, 0.5) is 10.5 Å². The van der Waals surface area contributed by atoms with Crippen molar-refractivity contribution in [2.75, 3.05) is 25.0 Å². The fraction of sp³-hybridized carbons (Fsp3) is 0.273. The average molecular weight is 266 g/mol. The van der Waals surface area contributed by atoms with Crippen LogP contribution in [0.1, 0.15) is 0 Å². The number of nitrogens with two attached hydrogens (primary N) is 1. The fourth-order valence-corrected chi connectivity index (χ4v) is 1.42. The van der Waals surface area contributed by atoms with Gasteiger partial charge in [0.25, 0.3) is 0 Å². The molecule has 0 aliphatic rings. The van der Waals surface area contributed by atoms with Crippen molar-refractivity contribution in [1.29, 1.82) is 0 Å². The standard InChI is InChI=1S/C11H14N4O4/c1-14(8-3-2-4-13-5-8)11(19)15(6-9(12)16)7-10(17)18/h2-5H,6-7H2,1H3,(H2,12,16)(H,17,18). The van der Waals surface area contributed by atoms with Crippen LogP contribution in [-0.4, -0.2) is 53.0 Å². The van der Waals surface area contributed by atoms with Crippen LogP contribution in [0, 0.1) is 0 Å². The van der Waals surface area contributed by atoms with Gasteiger partial charge >= 0.3 is 12.0 Å². The Balaban J connectivity index is 2.86. The Hall–Kier alpha value is -2.64. The summed E-state index contributed by atoms with van der Waals surface area (Å²) in [6.07, 6.45) is 2.99. The van der Waals surface area contributed by atoms with Crippen molar-refractivity contribution in [1.82, 2.24) is 9.88 Å². The predicted molar refractivity (Wildman–Crippen MR) is 66.4 cm³/mol. The lowest BCUT2D eigenvalue weighted by Gasteiger charge is -2.25. The van der Waals surface area contributed by atoms with Crippen molar-refractivity contribution in [2.24, 2.45) is 5.73 Å². The first-order valence-electron chi connectivity index (χ1n) is 5.34. The van der Waals surface area contributed by atoms with Crippen LogP contribution in [0.15, 0.2) is 24.5 Å². The van der Waals surface area contributed by atoms with Crippen molar-refractivity contribution in [3.8, 4) is 0 Å². The number of primary amides is 1. The highest BCUT2D eigenvalue weighted by Gasteiger charge is 2.22. The van der Waals surface area contributed by atoms with Crippen LogP contribution in [0.25, 0.3) is 0 Å². The van der Waals surface area contributed by atoms with E-state index in [1.165, 1.54) is 18.1 Å². The first-order chi connectivity index (χ1) is 8.91. The van der Waals surface area contributed by atoms with Crippen LogP contribution in [0.3, 0.4) is 0 Å². The van der Waals surface area contributed by atoms with Gasteiger partial charge in [0.2, 0.25) is 5.91 Å². The van der Waals surface area contributed by atoms with Crippen molar-refractivity contribution in [2.45, 2.75) is 0 Å². The van der Waals surface area contributed by atoms with Crippen LogP contribution in [0.2, 0.25) is 0 Å². The number of amides is 3. The minimum atomic E-state index is -1.23. The second kappa shape index (κ2) is 6.34. The quantitative estimate of drug-likeness (QED) is 0.745. The van der Waals surface area contributed by atoms with Crippen LogP contribution in [0.5, 0.6) is 0 Å². The molecule has 0 saturated carbocycles. The summed E-state index contributed by atoms with van der Waals surface area (Å²) >= 11 is 0. The Bertz CT molecular complexity index is 461. The molecule has 1 aromatic rings. The molecule has 0 fully saturated rings. The summed E-state index contributed by atoms with van der Waals surface area (Å²) in [6.45, 7) is -1.07. The van der Waals surface area contributed by atoms with Gasteiger partial charge in [0.15, 0.2) is 0 Å². The molecule has 3 amide bonds. The number of rotatable bonds is 5. The van der Waals surface area contributed by atoms with E-state index in [1.807, 2.05) is 0 Å². The smallest absolute Gasteiger partial charge is 0.325 e. The number of carboxylic acids is 1. The van der Waals surface area contributed by atoms with Crippen molar-refractivity contribution in [3.63, 3.8) is 0 Å². The second-order valence-corrected chi connectivity index (χ2v) is 3.77. The minimum Gasteiger partial charge on any atom is -0.480 e. The Kier molecular flexibility index (Phi) is 4.81. The summed E-state index contributed by atoms with van der Waals surface area (Å²) in [5.41, 5.74) is 5.47. The monoisotopic (exact) mass is 266 g/mol. The van der Waals surface area contributed by atoms with E-state index in [0.29, 0.717) is 5.69 Å². The fourth-order valence-electron chi connectivity index (χ4n) is 1.42. The lowest BCUT2D eigenvalue weighted by Crippen LogP contribution is -2.47. The molecule has 0 atom stereocenters. The summed E-state index contributed by atoms with van der Waals surface area (Å²) in [6, 6.07) is 2.62. The molecule has 0 radical (unpaired) electrons. The number of urea groups is 1. The first-order valence-corrected chi connectivity index (χ1v) is 5.34. The Morgan fingerprint density at radius 2 is 2.05 bits per heavy atom. The molecule has 8 nitrogen and oxygen atoms in total. The molecule has 1 heterocycles. The SMILES string of the molecule is CN(C(=O)N(CC(N)=O)CC(=O)O)c1cccnc1. The van der Waals surface area contributed by atoms with Crippen molar-refractivity contribution >= 4 is 23.6 Å². The van der Waals surface area contributed by atoms with Gasteiger partial charge in [-0.25, -0.2) is 4.79 Å². The normalized spacial score (nSPS) is 9.74. The zero-order chi connectivity index (χ0) is 14.4. The zero-order valence-corrected chi connectivity index (χ0v) is 10.3. The number of carboxylic acid groups (broad SMARTS) is 1. The van der Waals surface area contributed by atoms with Crippen molar-refractivity contribution < 1.29 is 19.5 Å². The van der Waals surface area contributed by atoms with Crippen LogP contribution >= 0.6 is 0 Å². The highest BCUT2D eigenvalue weighted by Crippen LogP contribution is 2.11. The molecule has 102 valence electrons.